The number of nitrogens with two attached hydrogens (primary N) is 1. The molecule has 0 bridgehead atoms. The minimum absolute atomic E-state index is 0.281. The fourth-order valence-corrected chi connectivity index (χ4v) is 5.06. The minimum Gasteiger partial charge on any atom is -0.397 e. The van der Waals surface area contributed by atoms with Gasteiger partial charge in [0, 0.05) is 21.7 Å². The Hall–Kier alpha value is -3.67. The molecule has 0 fully saturated rings. The van der Waals surface area contributed by atoms with Gasteiger partial charge >= 0.3 is 0 Å². The number of aromatic nitrogens is 1. The number of rotatable bonds is 4. The molecule has 0 saturated carbocycles. The molecule has 168 valence electrons. The van der Waals surface area contributed by atoms with Crippen LogP contribution in [0.4, 0.5) is 11.4 Å². The first-order chi connectivity index (χ1) is 16.4. The maximum atomic E-state index is 13.2. The van der Waals surface area contributed by atoms with Crippen LogP contribution in [0.15, 0.2) is 78.9 Å². The number of benzene rings is 3. The van der Waals surface area contributed by atoms with E-state index in [-0.39, 0.29) is 5.91 Å². The van der Waals surface area contributed by atoms with Gasteiger partial charge in [-0.25, -0.2) is 4.98 Å². The number of nitrogens with zero attached hydrogens (tertiary/aromatic N) is 1. The molecule has 0 spiro atoms. The summed E-state index contributed by atoms with van der Waals surface area (Å²) in [6.07, 6.45) is 0. The van der Waals surface area contributed by atoms with Crippen LogP contribution < -0.4 is 11.1 Å². The summed E-state index contributed by atoms with van der Waals surface area (Å²) in [4.78, 5) is 19.2. The molecule has 0 aliphatic carbocycles. The maximum absolute atomic E-state index is 13.2. The first-order valence-electron chi connectivity index (χ1n) is 10.8. The van der Waals surface area contributed by atoms with Crippen LogP contribution in [0.3, 0.4) is 0 Å². The lowest BCUT2D eigenvalue weighted by molar-refractivity contribution is 0.103. The molecule has 3 N–H and O–H groups in total. The van der Waals surface area contributed by atoms with Crippen molar-refractivity contribution < 1.29 is 4.79 Å². The molecule has 34 heavy (non-hydrogen) atoms. The number of hydrogen-bond acceptors (Lipinski definition) is 4. The lowest BCUT2D eigenvalue weighted by Gasteiger charge is -2.09. The molecule has 4 nitrogen and oxygen atoms in total. The molecule has 3 aromatic carbocycles. The van der Waals surface area contributed by atoms with E-state index in [1.165, 1.54) is 16.9 Å². The second kappa shape index (κ2) is 8.93. The molecule has 2 aromatic heterocycles. The Bertz CT molecular complexity index is 1530. The van der Waals surface area contributed by atoms with Gasteiger partial charge in [0.15, 0.2) is 0 Å². The largest absolute Gasteiger partial charge is 0.397 e. The van der Waals surface area contributed by atoms with Crippen molar-refractivity contribution in [3.63, 3.8) is 0 Å². The predicted octanol–water partition coefficient (Wildman–Crippen LogP) is 7.74. The summed E-state index contributed by atoms with van der Waals surface area (Å²) in [6, 6.07) is 25.8. The average molecular weight is 484 g/mol. The smallest absolute Gasteiger partial charge is 0.267 e. The normalized spacial score (nSPS) is 11.0. The Balaban J connectivity index is 1.65. The predicted molar refractivity (Wildman–Crippen MR) is 144 cm³/mol. The minimum atomic E-state index is -0.281. The Morgan fingerprint density at radius 3 is 2.38 bits per heavy atom. The monoisotopic (exact) mass is 483 g/mol. The zero-order valence-corrected chi connectivity index (χ0v) is 20.3. The van der Waals surface area contributed by atoms with Gasteiger partial charge in [-0.1, -0.05) is 77.8 Å². The molecule has 5 aromatic rings. The summed E-state index contributed by atoms with van der Waals surface area (Å²) >= 11 is 7.53. The molecule has 0 aliphatic heterocycles. The zero-order chi connectivity index (χ0) is 23.8. The molecule has 0 atom stereocenters. The van der Waals surface area contributed by atoms with Crippen LogP contribution in [-0.4, -0.2) is 10.9 Å². The number of carbonyl (C=O) groups excluding carboxylic acids is 1. The summed E-state index contributed by atoms with van der Waals surface area (Å²) in [5, 5.41) is 4.31. The lowest BCUT2D eigenvalue weighted by atomic mass is 9.99. The van der Waals surface area contributed by atoms with Gasteiger partial charge in [-0.3, -0.25) is 4.79 Å². The first kappa shape index (κ1) is 22.1. The van der Waals surface area contributed by atoms with Crippen molar-refractivity contribution in [3.8, 4) is 22.4 Å². The van der Waals surface area contributed by atoms with Crippen molar-refractivity contribution in [1.82, 2.24) is 4.98 Å². The molecule has 0 unspecified atom stereocenters. The van der Waals surface area contributed by atoms with Crippen LogP contribution in [0.2, 0.25) is 5.02 Å². The van der Waals surface area contributed by atoms with Gasteiger partial charge in [0.05, 0.1) is 11.4 Å². The van der Waals surface area contributed by atoms with Crippen molar-refractivity contribution in [3.05, 3.63) is 99.9 Å². The van der Waals surface area contributed by atoms with E-state index in [0.717, 1.165) is 38.2 Å². The highest BCUT2D eigenvalue weighted by Gasteiger charge is 2.22. The molecule has 5 rings (SSSR count). The Labute approximate surface area is 207 Å². The van der Waals surface area contributed by atoms with Crippen LogP contribution >= 0.6 is 22.9 Å². The van der Waals surface area contributed by atoms with Gasteiger partial charge in [-0.2, -0.15) is 0 Å². The van der Waals surface area contributed by atoms with E-state index in [9.17, 15) is 4.79 Å². The Morgan fingerprint density at radius 1 is 0.941 bits per heavy atom. The second-order valence-electron chi connectivity index (χ2n) is 8.23. The highest BCUT2D eigenvalue weighted by atomic mass is 35.5. The van der Waals surface area contributed by atoms with Gasteiger partial charge in [0.2, 0.25) is 0 Å². The second-order valence-corrected chi connectivity index (χ2v) is 9.64. The van der Waals surface area contributed by atoms with E-state index in [4.69, 9.17) is 22.3 Å². The van der Waals surface area contributed by atoms with Crippen LogP contribution in [0.5, 0.6) is 0 Å². The molecule has 0 radical (unpaired) electrons. The standard InChI is InChI=1S/C28H22ClN3OS/c1-16-8-11-18(12-9-16)21-15-23(19-6-4-3-5-7-19)32-28-24(21)25(30)26(34-28)27(33)31-20-13-10-17(2)22(29)14-20/h3-15H,30H2,1-2H3,(H,31,33). The number of carbonyl (C=O) groups is 1. The zero-order valence-electron chi connectivity index (χ0n) is 18.7. The van der Waals surface area contributed by atoms with Gasteiger partial charge in [0.1, 0.15) is 9.71 Å². The Kier molecular flexibility index (Phi) is 5.82. The molecule has 0 saturated heterocycles. The number of aryl methyl sites for hydroxylation is 2. The maximum Gasteiger partial charge on any atom is 0.267 e. The summed E-state index contributed by atoms with van der Waals surface area (Å²) in [5.74, 6) is -0.281. The van der Waals surface area contributed by atoms with E-state index in [1.807, 2.05) is 55.5 Å². The summed E-state index contributed by atoms with van der Waals surface area (Å²) in [5.41, 5.74) is 13.6. The molecular weight excluding hydrogens is 462 g/mol. The van der Waals surface area contributed by atoms with Crippen molar-refractivity contribution in [2.24, 2.45) is 0 Å². The van der Waals surface area contributed by atoms with Crippen LogP contribution in [0, 0.1) is 13.8 Å². The molecule has 1 amide bonds. The third-order valence-corrected chi connectivity index (χ3v) is 7.27. The number of halogens is 1. The SMILES string of the molecule is Cc1ccc(-c2cc(-c3ccccc3)nc3sc(C(=O)Nc4ccc(C)c(Cl)c4)c(N)c23)cc1. The topological polar surface area (TPSA) is 68.0 Å². The van der Waals surface area contributed by atoms with E-state index >= 15 is 0 Å². The van der Waals surface area contributed by atoms with Crippen LogP contribution in [0.25, 0.3) is 32.6 Å². The summed E-state index contributed by atoms with van der Waals surface area (Å²) in [6.45, 7) is 3.97. The van der Waals surface area contributed by atoms with Crippen molar-refractivity contribution >= 4 is 50.4 Å². The van der Waals surface area contributed by atoms with Crippen LogP contribution in [0.1, 0.15) is 20.8 Å². The third-order valence-electron chi connectivity index (χ3n) is 5.77. The average Bonchev–Trinajstić information content (AvgIpc) is 3.18. The number of thiophene rings is 1. The van der Waals surface area contributed by atoms with Gasteiger partial charge in [-0.15, -0.1) is 11.3 Å². The lowest BCUT2D eigenvalue weighted by Crippen LogP contribution is -2.12. The van der Waals surface area contributed by atoms with Crippen molar-refractivity contribution in [2.75, 3.05) is 11.1 Å². The first-order valence-corrected chi connectivity index (χ1v) is 12.0. The highest BCUT2D eigenvalue weighted by Crippen LogP contribution is 2.41. The number of fused-ring (bicyclic) bond motifs is 1. The number of amides is 1. The van der Waals surface area contributed by atoms with E-state index in [1.54, 1.807) is 6.07 Å². The number of nitrogens with one attached hydrogen (secondary N) is 1. The third kappa shape index (κ3) is 4.16. The number of anilines is 2. The number of hydrogen-bond donors (Lipinski definition) is 2. The fourth-order valence-electron chi connectivity index (χ4n) is 3.87. The van der Waals surface area contributed by atoms with E-state index < -0.39 is 0 Å². The molecule has 2 heterocycles. The molecule has 6 heteroatoms. The molecule has 0 aliphatic rings. The van der Waals surface area contributed by atoms with Crippen LogP contribution in [-0.2, 0) is 0 Å². The number of pyridine rings is 1. The van der Waals surface area contributed by atoms with Gasteiger partial charge in [-0.05, 0) is 48.7 Å². The fraction of sp³-hybridized carbons (Fsp3) is 0.0714. The highest BCUT2D eigenvalue weighted by molar-refractivity contribution is 7.21. The summed E-state index contributed by atoms with van der Waals surface area (Å²) < 4.78 is 0. The van der Waals surface area contributed by atoms with Gasteiger partial charge in [0.25, 0.3) is 5.91 Å². The van der Waals surface area contributed by atoms with Crippen molar-refractivity contribution in [2.45, 2.75) is 13.8 Å². The Morgan fingerprint density at radius 2 is 1.68 bits per heavy atom. The molecular formula is C28H22ClN3OS. The van der Waals surface area contributed by atoms with E-state index in [2.05, 4.69) is 36.5 Å². The number of nitrogen functional groups attached to an aromatic ring is 1. The van der Waals surface area contributed by atoms with Crippen molar-refractivity contribution in [1.29, 1.82) is 0 Å². The summed E-state index contributed by atoms with van der Waals surface area (Å²) in [7, 11) is 0. The van der Waals surface area contributed by atoms with E-state index in [0.29, 0.717) is 21.3 Å². The van der Waals surface area contributed by atoms with Gasteiger partial charge < -0.3 is 11.1 Å². The quantitative estimate of drug-likeness (QED) is 0.274.